The minimum atomic E-state index is -3.70. The quantitative estimate of drug-likeness (QED) is 0.164. The first-order chi connectivity index (χ1) is 26.6. The Labute approximate surface area is 336 Å². The van der Waals surface area contributed by atoms with Crippen molar-refractivity contribution in [1.82, 2.24) is 9.97 Å². The normalized spacial score (nSPS) is 12.4. The standard InChI is InChI=1S/C52H54GeN2O/c1-50(2,3)38-32-44(49(56)45(33-38)52(7,8)9)48-35-39(51(4,5)6)34-47(55-48)37-29-36(46-27-19-20-28-54-46)30-43(31-37)53(40-21-13-10-14-22-40,41-23-15-11-16-24-41)42-25-17-12-18-26-42/h10-35,56H,1-9H3. The molecule has 1 N–H and O–H groups in total. The van der Waals surface area contributed by atoms with Crippen LogP contribution in [-0.4, -0.2) is 28.3 Å². The molecule has 0 spiro atoms. The van der Waals surface area contributed by atoms with Crippen molar-refractivity contribution in [3.8, 4) is 39.5 Å². The van der Waals surface area contributed by atoms with Gasteiger partial charge in [0.25, 0.3) is 0 Å². The molecular weight excluding hydrogens is 741 g/mol. The van der Waals surface area contributed by atoms with Gasteiger partial charge in [-0.3, -0.25) is 0 Å². The summed E-state index contributed by atoms with van der Waals surface area (Å²) in [6.45, 7) is 19.9. The molecule has 4 heteroatoms. The second kappa shape index (κ2) is 15.0. The van der Waals surface area contributed by atoms with Crippen LogP contribution in [0.1, 0.15) is 79.0 Å². The summed E-state index contributed by atoms with van der Waals surface area (Å²) < 4.78 is 5.35. The van der Waals surface area contributed by atoms with Crippen LogP contribution < -0.4 is 17.6 Å². The summed E-state index contributed by atoms with van der Waals surface area (Å²) >= 11 is -3.70. The fraction of sp³-hybridized carbons (Fsp3) is 0.231. The molecule has 0 radical (unpaired) electrons. The first-order valence-electron chi connectivity index (χ1n) is 19.7. The Bertz CT molecular complexity index is 2360. The molecule has 0 bridgehead atoms. The van der Waals surface area contributed by atoms with E-state index >= 15 is 0 Å². The van der Waals surface area contributed by atoms with E-state index in [-0.39, 0.29) is 16.2 Å². The zero-order valence-electron chi connectivity index (χ0n) is 34.4. The molecule has 0 amide bonds. The predicted molar refractivity (Wildman–Crippen MR) is 240 cm³/mol. The Morgan fingerprint density at radius 2 is 0.893 bits per heavy atom. The van der Waals surface area contributed by atoms with Gasteiger partial charge in [0.15, 0.2) is 0 Å². The number of rotatable bonds is 7. The minimum absolute atomic E-state index is 0.124. The second-order valence-electron chi connectivity index (χ2n) is 18.2. The number of aromatic hydroxyl groups is 1. The van der Waals surface area contributed by atoms with Gasteiger partial charge in [-0.1, -0.05) is 0 Å². The van der Waals surface area contributed by atoms with Crippen LogP contribution in [0.4, 0.5) is 0 Å². The third-order valence-electron chi connectivity index (χ3n) is 11.0. The molecule has 282 valence electrons. The first-order valence-corrected chi connectivity index (χ1v) is 23.9. The van der Waals surface area contributed by atoms with Crippen LogP contribution in [0.15, 0.2) is 158 Å². The summed E-state index contributed by atoms with van der Waals surface area (Å²) in [6.07, 6.45) is 1.87. The zero-order chi connectivity index (χ0) is 39.9. The Kier molecular flexibility index (Phi) is 10.4. The fourth-order valence-corrected chi connectivity index (χ4v) is 17.9. The maximum absolute atomic E-state index is 12.1. The third kappa shape index (κ3) is 7.62. The van der Waals surface area contributed by atoms with E-state index in [1.807, 2.05) is 12.3 Å². The second-order valence-corrected chi connectivity index (χ2v) is 26.2. The van der Waals surface area contributed by atoms with Crippen molar-refractivity contribution in [2.45, 2.75) is 78.6 Å². The van der Waals surface area contributed by atoms with Crippen molar-refractivity contribution in [2.75, 3.05) is 0 Å². The van der Waals surface area contributed by atoms with Crippen molar-refractivity contribution in [1.29, 1.82) is 0 Å². The number of benzene rings is 5. The van der Waals surface area contributed by atoms with Gasteiger partial charge in [0, 0.05) is 0 Å². The number of aromatic nitrogens is 2. The van der Waals surface area contributed by atoms with Gasteiger partial charge in [-0.25, -0.2) is 0 Å². The average molecular weight is 796 g/mol. The molecule has 0 saturated carbocycles. The van der Waals surface area contributed by atoms with E-state index in [1.165, 1.54) is 23.1 Å². The van der Waals surface area contributed by atoms with Crippen LogP contribution in [0, 0.1) is 0 Å². The van der Waals surface area contributed by atoms with Crippen molar-refractivity contribution >= 4 is 30.8 Å². The van der Waals surface area contributed by atoms with Gasteiger partial charge in [0.1, 0.15) is 0 Å². The van der Waals surface area contributed by atoms with Gasteiger partial charge in [0.2, 0.25) is 0 Å². The van der Waals surface area contributed by atoms with Crippen molar-refractivity contribution in [3.05, 3.63) is 175 Å². The number of hydrogen-bond donors (Lipinski definition) is 1. The molecule has 7 aromatic rings. The summed E-state index contributed by atoms with van der Waals surface area (Å²) in [5.74, 6) is 0.296. The Balaban J connectivity index is 1.60. The molecule has 7 rings (SSSR count). The summed E-state index contributed by atoms with van der Waals surface area (Å²) in [6, 6.07) is 55.3. The molecule has 5 aromatic carbocycles. The van der Waals surface area contributed by atoms with Crippen LogP contribution in [-0.2, 0) is 16.2 Å². The van der Waals surface area contributed by atoms with E-state index in [2.05, 4.69) is 208 Å². The van der Waals surface area contributed by atoms with E-state index in [9.17, 15) is 5.11 Å². The molecule has 0 unspecified atom stereocenters. The molecular formula is C52H54GeN2O. The summed E-state index contributed by atoms with van der Waals surface area (Å²) in [5, 5.41) is 12.1. The molecule has 0 aliphatic rings. The number of hydrogen-bond acceptors (Lipinski definition) is 3. The van der Waals surface area contributed by atoms with Crippen molar-refractivity contribution < 1.29 is 5.11 Å². The third-order valence-corrected chi connectivity index (χ3v) is 21.0. The summed E-state index contributed by atoms with van der Waals surface area (Å²) in [7, 11) is 0. The SMILES string of the molecule is CC(C)(C)c1cc(-c2cc(-c3ccccn3)c[c]([Ge]([c]3ccccc3)([c]3ccccc3)[c]3ccccc3)c2)nc(-c2cc(C(C)(C)C)cc(C(C)(C)C)c2O)c1. The molecule has 56 heavy (non-hydrogen) atoms. The molecule has 0 saturated heterocycles. The van der Waals surface area contributed by atoms with Crippen LogP contribution in [0.5, 0.6) is 5.75 Å². The van der Waals surface area contributed by atoms with Gasteiger partial charge < -0.3 is 0 Å². The predicted octanol–water partition coefficient (Wildman–Crippen LogP) is 10.5. The molecule has 2 aromatic heterocycles. The molecule has 0 aliphatic heterocycles. The van der Waals surface area contributed by atoms with Crippen LogP contribution >= 0.6 is 0 Å². The molecule has 0 aliphatic carbocycles. The fourth-order valence-electron chi connectivity index (χ4n) is 7.82. The first kappa shape index (κ1) is 39.0. The molecule has 3 nitrogen and oxygen atoms in total. The Morgan fingerprint density at radius 3 is 1.36 bits per heavy atom. The van der Waals surface area contributed by atoms with E-state index < -0.39 is 13.3 Å². The van der Waals surface area contributed by atoms with Crippen LogP contribution in [0.3, 0.4) is 0 Å². The van der Waals surface area contributed by atoms with E-state index in [1.54, 1.807) is 0 Å². The van der Waals surface area contributed by atoms with E-state index in [0.29, 0.717) is 5.75 Å². The van der Waals surface area contributed by atoms with Gasteiger partial charge in [-0.2, -0.15) is 0 Å². The van der Waals surface area contributed by atoms with E-state index in [0.717, 1.165) is 44.9 Å². The van der Waals surface area contributed by atoms with Crippen LogP contribution in [0.2, 0.25) is 0 Å². The zero-order valence-corrected chi connectivity index (χ0v) is 36.5. The average Bonchev–Trinajstić information content (AvgIpc) is 3.18. The Hall–Kier alpha value is -5.26. The Morgan fingerprint density at radius 1 is 0.429 bits per heavy atom. The number of phenolic OH excluding ortho intramolecular Hbond substituents is 1. The van der Waals surface area contributed by atoms with Gasteiger partial charge in [0.05, 0.1) is 0 Å². The van der Waals surface area contributed by atoms with Crippen LogP contribution in [0.25, 0.3) is 33.8 Å². The number of pyridine rings is 2. The number of nitrogens with zero attached hydrogens (tertiary/aromatic N) is 2. The van der Waals surface area contributed by atoms with Crippen molar-refractivity contribution in [2.24, 2.45) is 0 Å². The monoisotopic (exact) mass is 796 g/mol. The molecule has 2 heterocycles. The van der Waals surface area contributed by atoms with Crippen molar-refractivity contribution in [3.63, 3.8) is 0 Å². The van der Waals surface area contributed by atoms with Gasteiger partial charge in [-0.05, 0) is 0 Å². The molecule has 0 atom stereocenters. The number of phenols is 1. The maximum atomic E-state index is 12.1. The summed E-state index contributed by atoms with van der Waals surface area (Å²) in [5.41, 5.74) is 8.07. The van der Waals surface area contributed by atoms with Gasteiger partial charge >= 0.3 is 339 Å². The summed E-state index contributed by atoms with van der Waals surface area (Å²) in [4.78, 5) is 10.4. The topological polar surface area (TPSA) is 46.0 Å². The van der Waals surface area contributed by atoms with Gasteiger partial charge in [-0.15, -0.1) is 0 Å². The van der Waals surface area contributed by atoms with E-state index in [4.69, 9.17) is 9.97 Å². The molecule has 0 fully saturated rings.